The van der Waals surface area contributed by atoms with Gasteiger partial charge in [-0.15, -0.1) is 0 Å². The van der Waals surface area contributed by atoms with Gasteiger partial charge in [-0.3, -0.25) is 0 Å². The Morgan fingerprint density at radius 3 is 2.07 bits per heavy atom. The van der Waals surface area contributed by atoms with Crippen molar-refractivity contribution >= 4 is 0 Å². The summed E-state index contributed by atoms with van der Waals surface area (Å²) in [6, 6.07) is 0. The van der Waals surface area contributed by atoms with E-state index in [4.69, 9.17) is 15.2 Å². The van der Waals surface area contributed by atoms with Crippen LogP contribution in [0, 0.1) is 5.41 Å². The van der Waals surface area contributed by atoms with Gasteiger partial charge in [0.1, 0.15) is 0 Å². The van der Waals surface area contributed by atoms with Gasteiger partial charge in [-0.1, -0.05) is 6.92 Å². The van der Waals surface area contributed by atoms with Crippen molar-refractivity contribution < 1.29 is 9.47 Å². The van der Waals surface area contributed by atoms with Gasteiger partial charge in [0.05, 0.1) is 13.2 Å². The minimum absolute atomic E-state index is 0.228. The fraction of sp³-hybridized carbons (Fsp3) is 1.00. The summed E-state index contributed by atoms with van der Waals surface area (Å²) in [5.41, 5.74) is 6.22. The fourth-order valence-corrected chi connectivity index (χ4v) is 2.65. The van der Waals surface area contributed by atoms with Crippen LogP contribution in [0.1, 0.15) is 39.0 Å². The Morgan fingerprint density at radius 2 is 1.64 bits per heavy atom. The monoisotopic (exact) mass is 199 g/mol. The second kappa shape index (κ2) is 3.80. The Balaban J connectivity index is 1.96. The van der Waals surface area contributed by atoms with E-state index in [2.05, 4.69) is 6.92 Å². The summed E-state index contributed by atoms with van der Waals surface area (Å²) in [6.45, 7) is 4.57. The third kappa shape index (κ3) is 1.69. The third-order valence-corrected chi connectivity index (χ3v) is 4.07. The summed E-state index contributed by atoms with van der Waals surface area (Å²) < 4.78 is 11.4. The van der Waals surface area contributed by atoms with E-state index in [1.807, 2.05) is 0 Å². The molecule has 0 aromatic carbocycles. The Kier molecular flexibility index (Phi) is 2.82. The zero-order valence-electron chi connectivity index (χ0n) is 9.05. The fourth-order valence-electron chi connectivity index (χ4n) is 2.65. The minimum Gasteiger partial charge on any atom is -0.348 e. The van der Waals surface area contributed by atoms with Gasteiger partial charge in [0.15, 0.2) is 5.79 Å². The molecule has 1 saturated carbocycles. The minimum atomic E-state index is -0.228. The van der Waals surface area contributed by atoms with Gasteiger partial charge in [-0.2, -0.15) is 0 Å². The molecule has 2 N–H and O–H groups in total. The van der Waals surface area contributed by atoms with Crippen molar-refractivity contribution in [2.75, 3.05) is 19.8 Å². The number of hydrogen-bond donors (Lipinski definition) is 1. The Morgan fingerprint density at radius 1 is 1.07 bits per heavy atom. The highest BCUT2D eigenvalue weighted by Crippen LogP contribution is 2.45. The molecule has 82 valence electrons. The van der Waals surface area contributed by atoms with E-state index in [9.17, 15) is 0 Å². The van der Waals surface area contributed by atoms with E-state index >= 15 is 0 Å². The summed E-state index contributed by atoms with van der Waals surface area (Å²) in [5, 5.41) is 0. The predicted octanol–water partition coefficient (Wildman–Crippen LogP) is 1.66. The summed E-state index contributed by atoms with van der Waals surface area (Å²) in [5.74, 6) is -0.228. The topological polar surface area (TPSA) is 44.5 Å². The first kappa shape index (κ1) is 10.4. The van der Waals surface area contributed by atoms with E-state index in [1.54, 1.807) is 0 Å². The molecule has 0 aromatic heterocycles. The third-order valence-electron chi connectivity index (χ3n) is 4.07. The van der Waals surface area contributed by atoms with Gasteiger partial charge in [0.2, 0.25) is 0 Å². The molecule has 1 aliphatic heterocycles. The molecule has 1 spiro atoms. The Labute approximate surface area is 85.9 Å². The first-order chi connectivity index (χ1) is 6.74. The molecule has 2 fully saturated rings. The van der Waals surface area contributed by atoms with Gasteiger partial charge >= 0.3 is 0 Å². The van der Waals surface area contributed by atoms with Gasteiger partial charge < -0.3 is 15.2 Å². The first-order valence-electron chi connectivity index (χ1n) is 5.72. The largest absolute Gasteiger partial charge is 0.348 e. The molecule has 2 rings (SSSR count). The van der Waals surface area contributed by atoms with Crippen molar-refractivity contribution in [3.8, 4) is 0 Å². The van der Waals surface area contributed by atoms with Crippen LogP contribution < -0.4 is 5.73 Å². The molecule has 14 heavy (non-hydrogen) atoms. The highest BCUT2D eigenvalue weighted by molar-refractivity contribution is 4.90. The van der Waals surface area contributed by atoms with Crippen molar-refractivity contribution in [1.82, 2.24) is 0 Å². The maximum Gasteiger partial charge on any atom is 0.168 e. The molecule has 1 saturated heterocycles. The standard InChI is InChI=1S/C11H21NO2/c1-2-10(9-12)3-5-11(6-4-10)13-7-8-14-11/h2-9,12H2,1H3. The van der Waals surface area contributed by atoms with Crippen LogP contribution in [0.5, 0.6) is 0 Å². The molecule has 0 bridgehead atoms. The van der Waals surface area contributed by atoms with Crippen molar-refractivity contribution in [3.05, 3.63) is 0 Å². The number of nitrogens with two attached hydrogens (primary N) is 1. The van der Waals surface area contributed by atoms with Gasteiger partial charge in [0, 0.05) is 12.8 Å². The second-order valence-electron chi connectivity index (χ2n) is 4.67. The number of ether oxygens (including phenoxy) is 2. The highest BCUT2D eigenvalue weighted by Gasteiger charge is 2.44. The maximum absolute atomic E-state index is 5.85. The van der Waals surface area contributed by atoms with E-state index in [-0.39, 0.29) is 5.79 Å². The lowest BCUT2D eigenvalue weighted by Gasteiger charge is -2.42. The number of rotatable bonds is 2. The summed E-state index contributed by atoms with van der Waals surface area (Å²) in [4.78, 5) is 0. The van der Waals surface area contributed by atoms with Crippen LogP contribution in [0.2, 0.25) is 0 Å². The van der Waals surface area contributed by atoms with Crippen LogP contribution >= 0.6 is 0 Å². The van der Waals surface area contributed by atoms with Crippen LogP contribution in [0.4, 0.5) is 0 Å². The summed E-state index contributed by atoms with van der Waals surface area (Å²) >= 11 is 0. The molecule has 2 aliphatic rings. The predicted molar refractivity (Wildman–Crippen MR) is 54.9 cm³/mol. The molecule has 1 aliphatic carbocycles. The second-order valence-corrected chi connectivity index (χ2v) is 4.67. The molecular weight excluding hydrogens is 178 g/mol. The Hall–Kier alpha value is -0.120. The zero-order chi connectivity index (χ0) is 10.1. The Bertz CT molecular complexity index is 177. The molecule has 1 heterocycles. The van der Waals surface area contributed by atoms with E-state index in [0.717, 1.165) is 45.4 Å². The maximum atomic E-state index is 5.85. The molecule has 0 atom stereocenters. The van der Waals surface area contributed by atoms with Crippen molar-refractivity contribution in [1.29, 1.82) is 0 Å². The summed E-state index contributed by atoms with van der Waals surface area (Å²) in [7, 11) is 0. The zero-order valence-corrected chi connectivity index (χ0v) is 9.05. The lowest BCUT2D eigenvalue weighted by molar-refractivity contribution is -0.191. The molecule has 0 radical (unpaired) electrons. The van der Waals surface area contributed by atoms with Gasteiger partial charge in [0.25, 0.3) is 0 Å². The van der Waals surface area contributed by atoms with Crippen LogP contribution in [0.3, 0.4) is 0 Å². The molecule has 0 aromatic rings. The lowest BCUT2D eigenvalue weighted by atomic mass is 9.70. The van der Waals surface area contributed by atoms with Crippen LogP contribution in [0.25, 0.3) is 0 Å². The molecule has 3 heteroatoms. The number of hydrogen-bond acceptors (Lipinski definition) is 3. The normalized spacial score (nSPS) is 29.6. The quantitative estimate of drug-likeness (QED) is 0.735. The first-order valence-corrected chi connectivity index (χ1v) is 5.72. The van der Waals surface area contributed by atoms with Crippen molar-refractivity contribution in [2.24, 2.45) is 11.1 Å². The van der Waals surface area contributed by atoms with E-state index in [1.165, 1.54) is 6.42 Å². The lowest BCUT2D eigenvalue weighted by Crippen LogP contribution is -2.42. The molecular formula is C11H21NO2. The van der Waals surface area contributed by atoms with Crippen molar-refractivity contribution in [2.45, 2.75) is 44.8 Å². The average Bonchev–Trinajstić information content (AvgIpc) is 2.69. The molecule has 3 nitrogen and oxygen atoms in total. The smallest absolute Gasteiger partial charge is 0.168 e. The van der Waals surface area contributed by atoms with Crippen LogP contribution in [-0.4, -0.2) is 25.5 Å². The van der Waals surface area contributed by atoms with Crippen molar-refractivity contribution in [3.63, 3.8) is 0 Å². The highest BCUT2D eigenvalue weighted by atomic mass is 16.7. The van der Waals surface area contributed by atoms with E-state index < -0.39 is 0 Å². The van der Waals surface area contributed by atoms with Crippen LogP contribution in [0.15, 0.2) is 0 Å². The molecule has 0 unspecified atom stereocenters. The van der Waals surface area contributed by atoms with Crippen LogP contribution in [-0.2, 0) is 9.47 Å². The molecule has 0 amide bonds. The van der Waals surface area contributed by atoms with Gasteiger partial charge in [-0.05, 0) is 31.2 Å². The SMILES string of the molecule is CCC1(CN)CCC2(CC1)OCCO2. The summed E-state index contributed by atoms with van der Waals surface area (Å²) in [6.07, 6.45) is 5.54. The average molecular weight is 199 g/mol. The van der Waals surface area contributed by atoms with Gasteiger partial charge in [-0.25, -0.2) is 0 Å². The van der Waals surface area contributed by atoms with E-state index in [0.29, 0.717) is 5.41 Å².